The molecule has 0 aromatic rings. The number of nitrogens with zero attached hydrogens (tertiary/aromatic N) is 2. The zero-order chi connectivity index (χ0) is 14.8. The lowest BCUT2D eigenvalue weighted by molar-refractivity contribution is 0.0718. The number of nitriles is 1. The summed E-state index contributed by atoms with van der Waals surface area (Å²) in [5.41, 5.74) is -0.418. The van der Waals surface area contributed by atoms with E-state index in [4.69, 9.17) is 9.47 Å². The van der Waals surface area contributed by atoms with Crippen molar-refractivity contribution in [1.82, 2.24) is 10.2 Å². The Balaban J connectivity index is 2.53. The SMILES string of the molecule is CCOCCN(CCOCC)CC(C#N)(NC)C1CC1. The van der Waals surface area contributed by atoms with Crippen molar-refractivity contribution in [3.8, 4) is 6.07 Å². The molecule has 5 heteroatoms. The van der Waals surface area contributed by atoms with Gasteiger partial charge in [0.25, 0.3) is 0 Å². The normalized spacial score (nSPS) is 17.9. The third kappa shape index (κ3) is 5.37. The van der Waals surface area contributed by atoms with Gasteiger partial charge < -0.3 is 14.8 Å². The summed E-state index contributed by atoms with van der Waals surface area (Å²) in [6.07, 6.45) is 2.30. The first-order chi connectivity index (χ1) is 9.72. The van der Waals surface area contributed by atoms with Gasteiger partial charge in [-0.3, -0.25) is 4.90 Å². The molecule has 1 saturated carbocycles. The Labute approximate surface area is 123 Å². The second-order valence-electron chi connectivity index (χ2n) is 5.28. The maximum Gasteiger partial charge on any atom is 0.122 e. The smallest absolute Gasteiger partial charge is 0.122 e. The van der Waals surface area contributed by atoms with E-state index in [0.29, 0.717) is 19.1 Å². The molecule has 1 atom stereocenters. The second kappa shape index (κ2) is 9.30. The molecule has 0 radical (unpaired) electrons. The van der Waals surface area contributed by atoms with Gasteiger partial charge in [-0.25, -0.2) is 0 Å². The first kappa shape index (κ1) is 17.4. The molecule has 0 saturated heterocycles. The summed E-state index contributed by atoms with van der Waals surface area (Å²) in [5.74, 6) is 0.485. The monoisotopic (exact) mass is 283 g/mol. The van der Waals surface area contributed by atoms with Gasteiger partial charge in [0, 0.05) is 32.8 Å². The molecule has 1 N–H and O–H groups in total. The largest absolute Gasteiger partial charge is 0.380 e. The van der Waals surface area contributed by atoms with Gasteiger partial charge in [0.2, 0.25) is 0 Å². The molecule has 0 spiro atoms. The second-order valence-corrected chi connectivity index (χ2v) is 5.28. The zero-order valence-corrected chi connectivity index (χ0v) is 13.2. The van der Waals surface area contributed by atoms with Gasteiger partial charge in [-0.2, -0.15) is 5.26 Å². The van der Waals surface area contributed by atoms with Crippen LogP contribution in [0.25, 0.3) is 0 Å². The van der Waals surface area contributed by atoms with Crippen LogP contribution in [0, 0.1) is 17.2 Å². The summed E-state index contributed by atoms with van der Waals surface area (Å²) in [5, 5.41) is 12.8. The summed E-state index contributed by atoms with van der Waals surface area (Å²) < 4.78 is 10.9. The molecule has 0 aromatic heterocycles. The van der Waals surface area contributed by atoms with E-state index in [0.717, 1.165) is 45.7 Å². The van der Waals surface area contributed by atoms with Crippen molar-refractivity contribution >= 4 is 0 Å². The number of likely N-dealkylation sites (N-methyl/N-ethyl adjacent to an activating group) is 1. The van der Waals surface area contributed by atoms with Crippen LogP contribution in [-0.2, 0) is 9.47 Å². The lowest BCUT2D eigenvalue weighted by Crippen LogP contribution is -2.54. The number of rotatable bonds is 12. The molecule has 0 bridgehead atoms. The first-order valence-corrected chi connectivity index (χ1v) is 7.70. The predicted octanol–water partition coefficient (Wildman–Crippen LogP) is 1.25. The molecule has 0 aliphatic heterocycles. The van der Waals surface area contributed by atoms with Crippen LogP contribution in [0.15, 0.2) is 0 Å². The highest BCUT2D eigenvalue weighted by molar-refractivity contribution is 5.16. The fourth-order valence-electron chi connectivity index (χ4n) is 2.47. The van der Waals surface area contributed by atoms with Crippen molar-refractivity contribution in [2.45, 2.75) is 32.2 Å². The molecule has 1 fully saturated rings. The minimum absolute atomic E-state index is 0.418. The van der Waals surface area contributed by atoms with Crippen molar-refractivity contribution in [2.75, 3.05) is 53.1 Å². The Hall–Kier alpha value is -0.670. The van der Waals surface area contributed by atoms with Gasteiger partial charge in [-0.05, 0) is 39.7 Å². The lowest BCUT2D eigenvalue weighted by Gasteiger charge is -2.33. The van der Waals surface area contributed by atoms with Crippen LogP contribution in [0.2, 0.25) is 0 Å². The number of hydrogen-bond acceptors (Lipinski definition) is 5. The van der Waals surface area contributed by atoms with Crippen LogP contribution in [0.3, 0.4) is 0 Å². The molecule has 20 heavy (non-hydrogen) atoms. The van der Waals surface area contributed by atoms with Crippen LogP contribution >= 0.6 is 0 Å². The van der Waals surface area contributed by atoms with Gasteiger partial charge in [0.1, 0.15) is 5.54 Å². The van der Waals surface area contributed by atoms with Crippen LogP contribution in [0.4, 0.5) is 0 Å². The minimum atomic E-state index is -0.418. The fraction of sp³-hybridized carbons (Fsp3) is 0.933. The Kier molecular flexibility index (Phi) is 8.08. The van der Waals surface area contributed by atoms with Crippen molar-refractivity contribution < 1.29 is 9.47 Å². The Morgan fingerprint density at radius 3 is 2.10 bits per heavy atom. The molecule has 0 amide bonds. The van der Waals surface area contributed by atoms with Crippen molar-refractivity contribution in [1.29, 1.82) is 5.26 Å². The highest BCUT2D eigenvalue weighted by Gasteiger charge is 2.45. The Bertz CT molecular complexity index is 292. The Morgan fingerprint density at radius 1 is 1.20 bits per heavy atom. The predicted molar refractivity (Wildman–Crippen MR) is 79.6 cm³/mol. The number of hydrogen-bond donors (Lipinski definition) is 1. The average molecular weight is 283 g/mol. The lowest BCUT2D eigenvalue weighted by atomic mass is 9.94. The van der Waals surface area contributed by atoms with E-state index in [1.165, 1.54) is 0 Å². The summed E-state index contributed by atoms with van der Waals surface area (Å²) in [6, 6.07) is 2.50. The quantitative estimate of drug-likeness (QED) is 0.546. The summed E-state index contributed by atoms with van der Waals surface area (Å²) in [6.45, 7) is 9.32. The first-order valence-electron chi connectivity index (χ1n) is 7.70. The molecule has 1 rings (SSSR count). The van der Waals surface area contributed by atoms with Gasteiger partial charge in [-0.1, -0.05) is 0 Å². The van der Waals surface area contributed by atoms with E-state index >= 15 is 0 Å². The van der Waals surface area contributed by atoms with E-state index in [1.807, 2.05) is 20.9 Å². The Morgan fingerprint density at radius 2 is 1.75 bits per heavy atom. The highest BCUT2D eigenvalue weighted by Crippen LogP contribution is 2.39. The molecule has 5 nitrogen and oxygen atoms in total. The fourth-order valence-corrected chi connectivity index (χ4v) is 2.47. The molecule has 0 heterocycles. The van der Waals surface area contributed by atoms with E-state index in [9.17, 15) is 5.26 Å². The highest BCUT2D eigenvalue weighted by atomic mass is 16.5. The van der Waals surface area contributed by atoms with Crippen molar-refractivity contribution in [3.63, 3.8) is 0 Å². The van der Waals surface area contributed by atoms with E-state index in [1.54, 1.807) is 0 Å². The molecule has 1 aliphatic carbocycles. The third-order valence-corrected chi connectivity index (χ3v) is 3.90. The average Bonchev–Trinajstić information content (AvgIpc) is 3.30. The maximum absolute atomic E-state index is 9.58. The zero-order valence-electron chi connectivity index (χ0n) is 13.2. The molecule has 1 aliphatic rings. The molecular formula is C15H29N3O2. The van der Waals surface area contributed by atoms with Gasteiger partial charge in [0.15, 0.2) is 0 Å². The summed E-state index contributed by atoms with van der Waals surface area (Å²) in [4.78, 5) is 2.28. The third-order valence-electron chi connectivity index (χ3n) is 3.90. The topological polar surface area (TPSA) is 57.5 Å². The number of ether oxygens (including phenoxy) is 2. The maximum atomic E-state index is 9.58. The minimum Gasteiger partial charge on any atom is -0.380 e. The van der Waals surface area contributed by atoms with E-state index in [2.05, 4.69) is 16.3 Å². The molecule has 1 unspecified atom stereocenters. The standard InChI is InChI=1S/C15H29N3O2/c1-4-19-10-8-18(9-11-20-5-2)13-15(12-16,17-3)14-6-7-14/h14,17H,4-11,13H2,1-3H3. The molecule has 116 valence electrons. The van der Waals surface area contributed by atoms with Crippen LogP contribution in [0.5, 0.6) is 0 Å². The van der Waals surface area contributed by atoms with Crippen LogP contribution < -0.4 is 5.32 Å². The van der Waals surface area contributed by atoms with Crippen LogP contribution in [-0.4, -0.2) is 63.5 Å². The van der Waals surface area contributed by atoms with E-state index < -0.39 is 5.54 Å². The summed E-state index contributed by atoms with van der Waals surface area (Å²) >= 11 is 0. The van der Waals surface area contributed by atoms with Gasteiger partial charge in [0.05, 0.1) is 19.3 Å². The molecule has 0 aromatic carbocycles. The van der Waals surface area contributed by atoms with Gasteiger partial charge in [-0.15, -0.1) is 0 Å². The van der Waals surface area contributed by atoms with Gasteiger partial charge >= 0.3 is 0 Å². The van der Waals surface area contributed by atoms with Crippen molar-refractivity contribution in [3.05, 3.63) is 0 Å². The summed E-state index contributed by atoms with van der Waals surface area (Å²) in [7, 11) is 1.89. The van der Waals surface area contributed by atoms with Crippen LogP contribution in [0.1, 0.15) is 26.7 Å². The number of nitrogens with one attached hydrogen (secondary N) is 1. The van der Waals surface area contributed by atoms with E-state index in [-0.39, 0.29) is 0 Å². The van der Waals surface area contributed by atoms with Crippen molar-refractivity contribution in [2.24, 2.45) is 5.92 Å². The molecular weight excluding hydrogens is 254 g/mol.